The molecule has 0 unspecified atom stereocenters. The largest absolute Gasteiger partial charge is 0.481 e. The van der Waals surface area contributed by atoms with Gasteiger partial charge in [-0.05, 0) is 35.0 Å². The molecule has 8 heteroatoms. The van der Waals surface area contributed by atoms with E-state index in [4.69, 9.17) is 22.0 Å². The summed E-state index contributed by atoms with van der Waals surface area (Å²) < 4.78 is 37.1. The maximum atomic E-state index is 12.4. The van der Waals surface area contributed by atoms with Crippen molar-refractivity contribution in [3.63, 3.8) is 0 Å². The zero-order valence-electron chi connectivity index (χ0n) is 9.29. The monoisotopic (exact) mass is 309 g/mol. The summed E-state index contributed by atoms with van der Waals surface area (Å²) in [5, 5.41) is 17.6. The normalized spacial score (nSPS) is 11.1. The first-order valence-corrected chi connectivity index (χ1v) is 6.22. The Kier molecular flexibility index (Phi) is 5.09. The molecule has 1 aromatic rings. The molecule has 0 radical (unpaired) electrons. The van der Waals surface area contributed by atoms with Gasteiger partial charge in [0.2, 0.25) is 0 Å². The van der Waals surface area contributed by atoms with Crippen LogP contribution in [0.5, 0.6) is 0 Å². The van der Waals surface area contributed by atoms with Crippen LogP contribution in [-0.2, 0) is 17.1 Å². The molecule has 0 aromatic heterocycles. The average Bonchev–Trinajstić information content (AvgIpc) is 2.27. The van der Waals surface area contributed by atoms with Gasteiger partial charge in [0.15, 0.2) is 0 Å². The highest BCUT2D eigenvalue weighted by Gasteiger charge is 2.31. The zero-order chi connectivity index (χ0) is 14.6. The van der Waals surface area contributed by atoms with E-state index in [1.807, 2.05) is 0 Å². The molecule has 3 nitrogen and oxygen atoms in total. The Bertz CT molecular complexity index is 540. The third-order valence-corrected chi connectivity index (χ3v) is 3.30. The molecule has 0 fully saturated rings. The summed E-state index contributed by atoms with van der Waals surface area (Å²) in [4.78, 5) is 10.5. The second-order valence-corrected chi connectivity index (χ2v) is 4.81. The smallest absolute Gasteiger partial charge is 0.446 e. The topological polar surface area (TPSA) is 61.1 Å². The van der Waals surface area contributed by atoms with Crippen molar-refractivity contribution in [1.29, 1.82) is 5.26 Å². The van der Waals surface area contributed by atoms with Crippen molar-refractivity contribution in [2.24, 2.45) is 0 Å². The van der Waals surface area contributed by atoms with Crippen molar-refractivity contribution in [3.8, 4) is 6.07 Å². The summed E-state index contributed by atoms with van der Waals surface area (Å²) in [6, 6.07) is 4.05. The number of carbonyl (C=O) groups is 1. The molecule has 0 aliphatic rings. The fourth-order valence-electron chi connectivity index (χ4n) is 1.50. The van der Waals surface area contributed by atoms with Gasteiger partial charge in [0.05, 0.1) is 18.1 Å². The van der Waals surface area contributed by atoms with Crippen LogP contribution in [0.2, 0.25) is 0 Å². The van der Waals surface area contributed by atoms with E-state index >= 15 is 0 Å². The SMILES string of the molecule is N#Cc1ccc(SC(F)(F)F)c(CCl)c1CC(=O)O. The van der Waals surface area contributed by atoms with Crippen LogP contribution in [0.1, 0.15) is 16.7 Å². The molecule has 19 heavy (non-hydrogen) atoms. The van der Waals surface area contributed by atoms with Crippen molar-refractivity contribution in [3.05, 3.63) is 28.8 Å². The minimum absolute atomic E-state index is 0.0181. The van der Waals surface area contributed by atoms with E-state index in [1.54, 1.807) is 6.07 Å². The van der Waals surface area contributed by atoms with Crippen LogP contribution in [-0.4, -0.2) is 16.6 Å². The first-order chi connectivity index (χ1) is 8.78. The summed E-state index contributed by atoms with van der Waals surface area (Å²) in [5.41, 5.74) is -4.43. The number of benzene rings is 1. The van der Waals surface area contributed by atoms with Crippen molar-refractivity contribution in [1.82, 2.24) is 0 Å². The summed E-state index contributed by atoms with van der Waals surface area (Å²) in [6.07, 6.45) is -0.544. The second kappa shape index (κ2) is 6.17. The number of halogens is 4. The molecular formula is C11H7ClF3NO2S. The molecule has 1 aromatic carbocycles. The van der Waals surface area contributed by atoms with Gasteiger partial charge < -0.3 is 5.11 Å². The van der Waals surface area contributed by atoms with E-state index in [0.717, 1.165) is 6.07 Å². The third kappa shape index (κ3) is 4.33. The van der Waals surface area contributed by atoms with Gasteiger partial charge in [-0.15, -0.1) is 11.6 Å². The number of nitrogens with zero attached hydrogens (tertiary/aromatic N) is 1. The summed E-state index contributed by atoms with van der Waals surface area (Å²) in [7, 11) is 0. The summed E-state index contributed by atoms with van der Waals surface area (Å²) >= 11 is 5.22. The van der Waals surface area contributed by atoms with Gasteiger partial charge in [-0.25, -0.2) is 0 Å². The number of alkyl halides is 4. The van der Waals surface area contributed by atoms with E-state index in [2.05, 4.69) is 0 Å². The van der Waals surface area contributed by atoms with Gasteiger partial charge >= 0.3 is 11.5 Å². The molecule has 0 amide bonds. The van der Waals surface area contributed by atoms with Gasteiger partial charge in [0.1, 0.15) is 0 Å². The number of rotatable bonds is 4. The van der Waals surface area contributed by atoms with Crippen LogP contribution in [0.25, 0.3) is 0 Å². The van der Waals surface area contributed by atoms with Gasteiger partial charge in [-0.3, -0.25) is 4.79 Å². The summed E-state index contributed by atoms with van der Waals surface area (Å²) in [5.74, 6) is -1.53. The van der Waals surface area contributed by atoms with Gasteiger partial charge in [0, 0.05) is 10.8 Å². The lowest BCUT2D eigenvalue weighted by molar-refractivity contribution is -0.136. The molecular weight excluding hydrogens is 303 g/mol. The lowest BCUT2D eigenvalue weighted by Crippen LogP contribution is -2.08. The minimum Gasteiger partial charge on any atom is -0.481 e. The lowest BCUT2D eigenvalue weighted by Gasteiger charge is -2.14. The molecule has 1 N–H and O–H groups in total. The highest BCUT2D eigenvalue weighted by atomic mass is 35.5. The minimum atomic E-state index is -4.50. The van der Waals surface area contributed by atoms with Crippen LogP contribution in [0.4, 0.5) is 13.2 Å². The van der Waals surface area contributed by atoms with Crippen LogP contribution < -0.4 is 0 Å². The number of carboxylic acid groups (broad SMARTS) is 1. The Balaban J connectivity index is 3.36. The van der Waals surface area contributed by atoms with Gasteiger partial charge in [-0.1, -0.05) is 0 Å². The van der Waals surface area contributed by atoms with Crippen molar-refractivity contribution >= 4 is 29.3 Å². The van der Waals surface area contributed by atoms with Gasteiger partial charge in [-0.2, -0.15) is 18.4 Å². The van der Waals surface area contributed by atoms with Crippen LogP contribution in [0, 0.1) is 11.3 Å². The molecule has 0 saturated heterocycles. The Morgan fingerprint density at radius 1 is 1.42 bits per heavy atom. The number of nitriles is 1. The van der Waals surface area contributed by atoms with Crippen LogP contribution >= 0.6 is 23.4 Å². The number of hydrogen-bond acceptors (Lipinski definition) is 3. The molecule has 0 bridgehead atoms. The van der Waals surface area contributed by atoms with Gasteiger partial charge in [0.25, 0.3) is 0 Å². The van der Waals surface area contributed by atoms with E-state index in [0.29, 0.717) is 0 Å². The van der Waals surface area contributed by atoms with E-state index in [1.165, 1.54) is 6.07 Å². The van der Waals surface area contributed by atoms with E-state index in [9.17, 15) is 18.0 Å². The van der Waals surface area contributed by atoms with Crippen molar-refractivity contribution < 1.29 is 23.1 Å². The zero-order valence-corrected chi connectivity index (χ0v) is 10.9. The quantitative estimate of drug-likeness (QED) is 0.682. The highest BCUT2D eigenvalue weighted by molar-refractivity contribution is 8.00. The Morgan fingerprint density at radius 2 is 2.05 bits per heavy atom. The summed E-state index contributed by atoms with van der Waals surface area (Å²) in [6.45, 7) is 0. The maximum absolute atomic E-state index is 12.4. The van der Waals surface area contributed by atoms with E-state index < -0.39 is 17.9 Å². The third-order valence-electron chi connectivity index (χ3n) is 2.20. The number of aliphatic carboxylic acids is 1. The van der Waals surface area contributed by atoms with Crippen LogP contribution in [0.3, 0.4) is 0 Å². The fourth-order valence-corrected chi connectivity index (χ4v) is 2.58. The predicted molar refractivity (Wildman–Crippen MR) is 64.0 cm³/mol. The first-order valence-electron chi connectivity index (χ1n) is 4.87. The lowest BCUT2D eigenvalue weighted by atomic mass is 10.00. The average molecular weight is 310 g/mol. The number of thioether (sulfide) groups is 1. The molecule has 0 atom stereocenters. The highest BCUT2D eigenvalue weighted by Crippen LogP contribution is 2.40. The standard InChI is InChI=1S/C11H7ClF3NO2S/c12-4-8-7(3-10(17)18)6(5-16)1-2-9(8)19-11(13,14)15/h1-2H,3-4H2,(H,17,18). The predicted octanol–water partition coefficient (Wildman–Crippen LogP) is 3.54. The second-order valence-electron chi connectivity index (χ2n) is 3.43. The van der Waals surface area contributed by atoms with Crippen molar-refractivity contribution in [2.45, 2.75) is 22.7 Å². The Morgan fingerprint density at radius 3 is 2.47 bits per heavy atom. The molecule has 0 spiro atoms. The van der Waals surface area contributed by atoms with E-state index in [-0.39, 0.29) is 39.2 Å². The number of carboxylic acids is 1. The molecule has 102 valence electrons. The fraction of sp³-hybridized carbons (Fsp3) is 0.273. The number of hydrogen-bond donors (Lipinski definition) is 1. The Labute approximate surface area is 116 Å². The maximum Gasteiger partial charge on any atom is 0.446 e. The molecule has 0 aliphatic heterocycles. The molecule has 0 aliphatic carbocycles. The molecule has 0 heterocycles. The first kappa shape index (κ1) is 15.7. The van der Waals surface area contributed by atoms with Crippen molar-refractivity contribution in [2.75, 3.05) is 0 Å². The van der Waals surface area contributed by atoms with Crippen LogP contribution in [0.15, 0.2) is 17.0 Å². The molecule has 1 rings (SSSR count). The Hall–Kier alpha value is -1.39. The molecule has 0 saturated carbocycles.